The highest BCUT2D eigenvalue weighted by Gasteiger charge is 2.09. The van der Waals surface area contributed by atoms with Gasteiger partial charge in [0.25, 0.3) is 0 Å². The van der Waals surface area contributed by atoms with E-state index in [1.165, 1.54) is 7.11 Å². The summed E-state index contributed by atoms with van der Waals surface area (Å²) in [5.41, 5.74) is 2.38. The summed E-state index contributed by atoms with van der Waals surface area (Å²) in [5, 5.41) is 10.1. The van der Waals surface area contributed by atoms with E-state index in [1.807, 2.05) is 42.5 Å². The van der Waals surface area contributed by atoms with E-state index in [0.717, 1.165) is 11.1 Å². The summed E-state index contributed by atoms with van der Waals surface area (Å²) < 4.78 is 4.64. The molecular formula is C16H16O3. The van der Waals surface area contributed by atoms with E-state index in [1.54, 1.807) is 12.1 Å². The zero-order valence-corrected chi connectivity index (χ0v) is 10.7. The van der Waals surface area contributed by atoms with Crippen molar-refractivity contribution in [1.82, 2.24) is 0 Å². The lowest BCUT2D eigenvalue weighted by Gasteiger charge is -2.11. The molecule has 2 aromatic rings. The molecule has 2 rings (SSSR count). The second-order valence-corrected chi connectivity index (χ2v) is 4.32. The number of hydrogen-bond acceptors (Lipinski definition) is 3. The van der Waals surface area contributed by atoms with Crippen LogP contribution in [0.25, 0.3) is 0 Å². The molecule has 1 atom stereocenters. The number of ether oxygens (including phenoxy) is 1. The van der Waals surface area contributed by atoms with Gasteiger partial charge >= 0.3 is 5.97 Å². The maximum absolute atomic E-state index is 11.3. The number of carbonyl (C=O) groups excluding carboxylic acids is 1. The fourth-order valence-electron chi connectivity index (χ4n) is 1.91. The molecule has 0 heterocycles. The second-order valence-electron chi connectivity index (χ2n) is 4.32. The highest BCUT2D eigenvalue weighted by Crippen LogP contribution is 2.18. The first-order valence-corrected chi connectivity index (χ1v) is 6.11. The Balaban J connectivity index is 2.06. The van der Waals surface area contributed by atoms with Crippen molar-refractivity contribution in [2.24, 2.45) is 0 Å². The number of methoxy groups -OCH3 is 1. The smallest absolute Gasteiger partial charge is 0.337 e. The van der Waals surface area contributed by atoms with Crippen molar-refractivity contribution < 1.29 is 14.6 Å². The lowest BCUT2D eigenvalue weighted by molar-refractivity contribution is 0.0600. The number of esters is 1. The fraction of sp³-hybridized carbons (Fsp3) is 0.188. The number of aliphatic hydroxyl groups is 1. The lowest BCUT2D eigenvalue weighted by atomic mass is 10.0. The summed E-state index contributed by atoms with van der Waals surface area (Å²) in [7, 11) is 1.36. The molecule has 0 aliphatic carbocycles. The Kier molecular flexibility index (Phi) is 4.31. The minimum Gasteiger partial charge on any atom is -0.465 e. The van der Waals surface area contributed by atoms with Crippen LogP contribution in [0.15, 0.2) is 54.6 Å². The van der Waals surface area contributed by atoms with Gasteiger partial charge in [-0.15, -0.1) is 0 Å². The summed E-state index contributed by atoms with van der Waals surface area (Å²) in [6.45, 7) is 0. The molecule has 1 N–H and O–H groups in total. The van der Waals surface area contributed by atoms with E-state index in [4.69, 9.17) is 0 Å². The van der Waals surface area contributed by atoms with E-state index in [9.17, 15) is 9.90 Å². The van der Waals surface area contributed by atoms with Crippen LogP contribution in [0.2, 0.25) is 0 Å². The van der Waals surface area contributed by atoms with E-state index >= 15 is 0 Å². The normalized spacial score (nSPS) is 11.9. The predicted octanol–water partition coefficient (Wildman–Crippen LogP) is 2.75. The van der Waals surface area contributed by atoms with Gasteiger partial charge in [-0.05, 0) is 23.3 Å². The first-order valence-electron chi connectivity index (χ1n) is 6.11. The molecule has 19 heavy (non-hydrogen) atoms. The van der Waals surface area contributed by atoms with E-state index in [-0.39, 0.29) is 5.97 Å². The van der Waals surface area contributed by atoms with Gasteiger partial charge in [-0.2, -0.15) is 0 Å². The fourth-order valence-corrected chi connectivity index (χ4v) is 1.91. The largest absolute Gasteiger partial charge is 0.465 e. The molecule has 0 spiro atoms. The number of benzene rings is 2. The molecule has 3 heteroatoms. The lowest BCUT2D eigenvalue weighted by Crippen LogP contribution is -2.03. The predicted molar refractivity (Wildman–Crippen MR) is 72.9 cm³/mol. The van der Waals surface area contributed by atoms with Crippen molar-refractivity contribution in [3.63, 3.8) is 0 Å². The average molecular weight is 256 g/mol. The molecule has 0 aromatic heterocycles. The molecule has 0 aliphatic rings. The molecule has 0 unspecified atom stereocenters. The molecule has 0 amide bonds. The first kappa shape index (κ1) is 13.3. The first-order chi connectivity index (χ1) is 9.20. The van der Waals surface area contributed by atoms with Crippen LogP contribution >= 0.6 is 0 Å². The second kappa shape index (κ2) is 6.16. The number of carbonyl (C=O) groups is 1. The molecule has 0 radical (unpaired) electrons. The van der Waals surface area contributed by atoms with Gasteiger partial charge in [0.2, 0.25) is 0 Å². The van der Waals surface area contributed by atoms with Crippen LogP contribution in [-0.4, -0.2) is 18.2 Å². The van der Waals surface area contributed by atoms with Gasteiger partial charge in [0, 0.05) is 6.42 Å². The molecule has 3 nitrogen and oxygen atoms in total. The van der Waals surface area contributed by atoms with Gasteiger partial charge in [0.15, 0.2) is 0 Å². The maximum Gasteiger partial charge on any atom is 0.337 e. The van der Waals surface area contributed by atoms with Crippen LogP contribution < -0.4 is 0 Å². The van der Waals surface area contributed by atoms with Gasteiger partial charge in [-0.1, -0.05) is 42.5 Å². The summed E-state index contributed by atoms with van der Waals surface area (Å²) >= 11 is 0. The Labute approximate surface area is 112 Å². The highest BCUT2D eigenvalue weighted by atomic mass is 16.5. The van der Waals surface area contributed by atoms with Crippen LogP contribution in [0.5, 0.6) is 0 Å². The van der Waals surface area contributed by atoms with Gasteiger partial charge in [-0.25, -0.2) is 4.79 Å². The van der Waals surface area contributed by atoms with Crippen molar-refractivity contribution >= 4 is 5.97 Å². The Morgan fingerprint density at radius 2 is 1.74 bits per heavy atom. The molecule has 0 aliphatic heterocycles. The molecule has 0 bridgehead atoms. The molecule has 0 saturated heterocycles. The molecule has 0 fully saturated rings. The summed E-state index contributed by atoms with van der Waals surface area (Å²) in [4.78, 5) is 11.3. The van der Waals surface area contributed by atoms with Gasteiger partial charge < -0.3 is 9.84 Å². The van der Waals surface area contributed by atoms with Gasteiger partial charge in [0.05, 0.1) is 18.8 Å². The number of aliphatic hydroxyl groups excluding tert-OH is 1. The Morgan fingerprint density at radius 3 is 2.32 bits per heavy atom. The highest BCUT2D eigenvalue weighted by molar-refractivity contribution is 5.89. The summed E-state index contributed by atoms with van der Waals surface area (Å²) in [5.74, 6) is -0.352. The minimum absolute atomic E-state index is 0.352. The maximum atomic E-state index is 11.3. The van der Waals surface area contributed by atoms with E-state index in [0.29, 0.717) is 12.0 Å². The topological polar surface area (TPSA) is 46.5 Å². The zero-order valence-electron chi connectivity index (χ0n) is 10.7. The molecule has 2 aromatic carbocycles. The van der Waals surface area contributed by atoms with Crippen LogP contribution in [0, 0.1) is 0 Å². The molecule has 0 saturated carbocycles. The zero-order chi connectivity index (χ0) is 13.7. The average Bonchev–Trinajstić information content (AvgIpc) is 2.48. The van der Waals surface area contributed by atoms with Crippen LogP contribution in [0.1, 0.15) is 27.6 Å². The van der Waals surface area contributed by atoms with Gasteiger partial charge in [-0.3, -0.25) is 0 Å². The van der Waals surface area contributed by atoms with Crippen molar-refractivity contribution in [2.45, 2.75) is 12.5 Å². The summed E-state index contributed by atoms with van der Waals surface area (Å²) in [6, 6.07) is 16.6. The van der Waals surface area contributed by atoms with Crippen LogP contribution in [-0.2, 0) is 11.2 Å². The summed E-state index contributed by atoms with van der Waals surface area (Å²) in [6.07, 6.45) is -0.0176. The number of hydrogen-bond donors (Lipinski definition) is 1. The molecular weight excluding hydrogens is 240 g/mol. The van der Waals surface area contributed by atoms with E-state index < -0.39 is 6.10 Å². The minimum atomic E-state index is -0.537. The standard InChI is InChI=1S/C16H16O3/c1-19-16(18)14-9-7-12(8-10-14)11-15(17)13-5-3-2-4-6-13/h2-10,15,17H,11H2,1H3/t15-/m1/s1. The molecule has 98 valence electrons. The SMILES string of the molecule is COC(=O)c1ccc(C[C@@H](O)c2ccccc2)cc1. The Morgan fingerprint density at radius 1 is 1.11 bits per heavy atom. The van der Waals surface area contributed by atoms with Crippen molar-refractivity contribution in [3.05, 3.63) is 71.3 Å². The Bertz CT molecular complexity index is 532. The van der Waals surface area contributed by atoms with E-state index in [2.05, 4.69) is 4.74 Å². The number of rotatable bonds is 4. The Hall–Kier alpha value is -2.13. The third-order valence-electron chi connectivity index (χ3n) is 2.99. The third-order valence-corrected chi connectivity index (χ3v) is 2.99. The van der Waals surface area contributed by atoms with Crippen LogP contribution in [0.3, 0.4) is 0 Å². The van der Waals surface area contributed by atoms with Crippen molar-refractivity contribution in [2.75, 3.05) is 7.11 Å². The quantitative estimate of drug-likeness (QED) is 0.856. The third kappa shape index (κ3) is 3.42. The van der Waals surface area contributed by atoms with Crippen molar-refractivity contribution in [1.29, 1.82) is 0 Å². The monoisotopic (exact) mass is 256 g/mol. The van der Waals surface area contributed by atoms with Crippen LogP contribution in [0.4, 0.5) is 0 Å². The van der Waals surface area contributed by atoms with Crippen molar-refractivity contribution in [3.8, 4) is 0 Å². The van der Waals surface area contributed by atoms with Gasteiger partial charge in [0.1, 0.15) is 0 Å².